The number of nitrogens with zero attached hydrogens (tertiary/aromatic N) is 1. The van der Waals surface area contributed by atoms with Gasteiger partial charge in [-0.15, -0.1) is 12.3 Å². The molecule has 1 N–H and O–H groups in total. The number of phenolic OH excluding ortho intramolecular Hbond substituents is 1. The second-order valence-corrected chi connectivity index (χ2v) is 3.70. The zero-order chi connectivity index (χ0) is 12.0. The van der Waals surface area contributed by atoms with Crippen molar-refractivity contribution in [3.05, 3.63) is 28.0 Å². The summed E-state index contributed by atoms with van der Waals surface area (Å²) < 4.78 is 13.2. The zero-order valence-electron chi connectivity index (χ0n) is 8.28. The predicted octanol–water partition coefficient (Wildman–Crippen LogP) is 2.67. The quantitative estimate of drug-likeness (QED) is 0.400. The second kappa shape index (κ2) is 6.13. The summed E-state index contributed by atoms with van der Waals surface area (Å²) in [6.45, 7) is 0.302. The van der Waals surface area contributed by atoms with E-state index in [1.165, 1.54) is 12.3 Å². The molecule has 0 aliphatic rings. The third-order valence-corrected chi connectivity index (χ3v) is 2.28. The van der Waals surface area contributed by atoms with Crippen molar-refractivity contribution in [3.63, 3.8) is 0 Å². The van der Waals surface area contributed by atoms with Crippen LogP contribution < -0.4 is 0 Å². The number of phenols is 1. The molecule has 0 spiro atoms. The van der Waals surface area contributed by atoms with E-state index in [-0.39, 0.29) is 10.2 Å². The number of hydrogen-bond donors (Lipinski definition) is 1. The Morgan fingerprint density at radius 3 is 3.06 bits per heavy atom. The van der Waals surface area contributed by atoms with Crippen molar-refractivity contribution in [2.24, 2.45) is 5.16 Å². The first-order chi connectivity index (χ1) is 7.65. The van der Waals surface area contributed by atoms with Crippen LogP contribution in [0.1, 0.15) is 12.0 Å². The van der Waals surface area contributed by atoms with Gasteiger partial charge in [-0.2, -0.15) is 0 Å². The first-order valence-electron chi connectivity index (χ1n) is 4.42. The van der Waals surface area contributed by atoms with Gasteiger partial charge in [0.05, 0.1) is 10.7 Å². The lowest BCUT2D eigenvalue weighted by Crippen LogP contribution is -1.89. The highest BCUT2D eigenvalue weighted by Crippen LogP contribution is 2.24. The molecule has 1 aromatic carbocycles. The van der Waals surface area contributed by atoms with Crippen molar-refractivity contribution < 1.29 is 14.3 Å². The van der Waals surface area contributed by atoms with Crippen molar-refractivity contribution in [1.29, 1.82) is 0 Å². The summed E-state index contributed by atoms with van der Waals surface area (Å²) in [6.07, 6.45) is 6.76. The van der Waals surface area contributed by atoms with Gasteiger partial charge in [-0.3, -0.25) is 0 Å². The average Bonchev–Trinajstić information content (AvgIpc) is 2.25. The predicted molar refractivity (Wildman–Crippen MR) is 62.8 cm³/mol. The summed E-state index contributed by atoms with van der Waals surface area (Å²) >= 11 is 3.00. The Labute approximate surface area is 101 Å². The summed E-state index contributed by atoms with van der Waals surface area (Å²) in [5.41, 5.74) is 0.356. The molecule has 3 nitrogen and oxygen atoms in total. The number of aromatic hydroxyl groups is 1. The fourth-order valence-electron chi connectivity index (χ4n) is 0.906. The first kappa shape index (κ1) is 12.5. The van der Waals surface area contributed by atoms with Crippen LogP contribution in [-0.2, 0) is 4.84 Å². The third-order valence-electron chi connectivity index (χ3n) is 1.67. The lowest BCUT2D eigenvalue weighted by Gasteiger charge is -2.00. The average molecular weight is 286 g/mol. The summed E-state index contributed by atoms with van der Waals surface area (Å²) in [4.78, 5) is 4.81. The van der Waals surface area contributed by atoms with Crippen LogP contribution in [0.5, 0.6) is 5.75 Å². The molecular formula is C11H9BrFNO2. The molecule has 0 aliphatic heterocycles. The molecule has 0 unspecified atom stereocenters. The van der Waals surface area contributed by atoms with E-state index < -0.39 is 5.82 Å². The Morgan fingerprint density at radius 2 is 2.38 bits per heavy atom. The van der Waals surface area contributed by atoms with Crippen LogP contribution in [0.2, 0.25) is 0 Å². The monoisotopic (exact) mass is 285 g/mol. The summed E-state index contributed by atoms with van der Waals surface area (Å²) in [7, 11) is 0. The Morgan fingerprint density at radius 1 is 1.62 bits per heavy atom. The number of oxime groups is 1. The summed E-state index contributed by atoms with van der Waals surface area (Å²) in [6, 6.07) is 2.39. The van der Waals surface area contributed by atoms with Crippen LogP contribution in [0, 0.1) is 18.2 Å². The Balaban J connectivity index is 2.67. The maximum atomic E-state index is 12.9. The zero-order valence-corrected chi connectivity index (χ0v) is 9.87. The molecule has 0 atom stereocenters. The van der Waals surface area contributed by atoms with Gasteiger partial charge in [0, 0.05) is 18.1 Å². The lowest BCUT2D eigenvalue weighted by atomic mass is 10.2. The number of halogens is 2. The number of benzene rings is 1. The normalized spacial score (nSPS) is 10.3. The molecule has 1 aromatic rings. The minimum absolute atomic E-state index is 0.204. The van der Waals surface area contributed by atoms with E-state index in [2.05, 4.69) is 27.0 Å². The van der Waals surface area contributed by atoms with Gasteiger partial charge in [-0.25, -0.2) is 4.39 Å². The Bertz CT molecular complexity index is 440. The molecule has 0 radical (unpaired) electrons. The molecule has 0 aromatic heterocycles. The molecule has 0 amide bonds. The number of hydrogen-bond acceptors (Lipinski definition) is 3. The van der Waals surface area contributed by atoms with Crippen LogP contribution in [-0.4, -0.2) is 17.9 Å². The smallest absolute Gasteiger partial charge is 0.141 e. The molecule has 0 saturated heterocycles. The SMILES string of the molecule is C#CCCO/N=C/c1cc(Br)c(F)cc1O. The molecule has 5 heteroatoms. The Hall–Kier alpha value is -1.54. The van der Waals surface area contributed by atoms with Gasteiger partial charge in [0.25, 0.3) is 0 Å². The number of rotatable bonds is 4. The molecule has 16 heavy (non-hydrogen) atoms. The summed E-state index contributed by atoms with van der Waals surface area (Å²) in [5, 5.41) is 13.0. The standard InChI is InChI=1S/C11H9BrFNO2/c1-2-3-4-16-14-7-8-5-9(12)10(13)6-11(8)15/h1,5-7,15H,3-4H2/b14-7+. The maximum absolute atomic E-state index is 12.9. The fourth-order valence-corrected chi connectivity index (χ4v) is 1.27. The van der Waals surface area contributed by atoms with Gasteiger partial charge >= 0.3 is 0 Å². The highest BCUT2D eigenvalue weighted by atomic mass is 79.9. The van der Waals surface area contributed by atoms with Crippen LogP contribution >= 0.6 is 15.9 Å². The maximum Gasteiger partial charge on any atom is 0.141 e. The Kier molecular flexibility index (Phi) is 4.80. The van der Waals surface area contributed by atoms with Crippen molar-refractivity contribution in [1.82, 2.24) is 0 Å². The van der Waals surface area contributed by atoms with E-state index in [9.17, 15) is 9.50 Å². The topological polar surface area (TPSA) is 41.8 Å². The molecule has 1 rings (SSSR count). The highest BCUT2D eigenvalue weighted by Gasteiger charge is 2.05. The fraction of sp³-hybridized carbons (Fsp3) is 0.182. The molecule has 0 saturated carbocycles. The molecule has 0 heterocycles. The second-order valence-electron chi connectivity index (χ2n) is 2.85. The van der Waals surface area contributed by atoms with Gasteiger partial charge in [0.1, 0.15) is 18.2 Å². The van der Waals surface area contributed by atoms with Crippen LogP contribution in [0.3, 0.4) is 0 Å². The number of terminal acetylenes is 1. The summed E-state index contributed by atoms with van der Waals surface area (Å²) in [5.74, 6) is 1.65. The van der Waals surface area contributed by atoms with E-state index in [0.29, 0.717) is 18.6 Å². The van der Waals surface area contributed by atoms with E-state index in [4.69, 9.17) is 11.3 Å². The molecule has 0 bridgehead atoms. The largest absolute Gasteiger partial charge is 0.507 e. The van der Waals surface area contributed by atoms with E-state index in [1.807, 2.05) is 0 Å². The van der Waals surface area contributed by atoms with Gasteiger partial charge < -0.3 is 9.94 Å². The van der Waals surface area contributed by atoms with Crippen molar-refractivity contribution in [2.75, 3.05) is 6.61 Å². The van der Waals surface area contributed by atoms with Crippen LogP contribution in [0.15, 0.2) is 21.8 Å². The van der Waals surface area contributed by atoms with Gasteiger partial charge in [0.2, 0.25) is 0 Å². The van der Waals surface area contributed by atoms with E-state index in [0.717, 1.165) is 6.07 Å². The minimum atomic E-state index is -0.539. The van der Waals surface area contributed by atoms with Crippen LogP contribution in [0.25, 0.3) is 0 Å². The van der Waals surface area contributed by atoms with Gasteiger partial charge in [-0.1, -0.05) is 5.16 Å². The van der Waals surface area contributed by atoms with Crippen LogP contribution in [0.4, 0.5) is 4.39 Å². The minimum Gasteiger partial charge on any atom is -0.507 e. The van der Waals surface area contributed by atoms with Crippen molar-refractivity contribution >= 4 is 22.1 Å². The molecule has 84 valence electrons. The first-order valence-corrected chi connectivity index (χ1v) is 5.21. The van der Waals surface area contributed by atoms with E-state index >= 15 is 0 Å². The van der Waals surface area contributed by atoms with Gasteiger partial charge in [-0.05, 0) is 22.0 Å². The third kappa shape index (κ3) is 3.55. The van der Waals surface area contributed by atoms with Gasteiger partial charge in [0.15, 0.2) is 0 Å². The van der Waals surface area contributed by atoms with Crippen molar-refractivity contribution in [3.8, 4) is 18.1 Å². The van der Waals surface area contributed by atoms with E-state index in [1.54, 1.807) is 0 Å². The lowest BCUT2D eigenvalue weighted by molar-refractivity contribution is 0.152. The highest BCUT2D eigenvalue weighted by molar-refractivity contribution is 9.10. The molecule has 0 aliphatic carbocycles. The molecule has 0 fully saturated rings. The molecular weight excluding hydrogens is 277 g/mol. The van der Waals surface area contributed by atoms with Crippen molar-refractivity contribution in [2.45, 2.75) is 6.42 Å².